The van der Waals surface area contributed by atoms with Crippen molar-refractivity contribution in [1.29, 1.82) is 5.26 Å². The summed E-state index contributed by atoms with van der Waals surface area (Å²) in [5.74, 6) is 1.30. The molecule has 252 valence electrons. The van der Waals surface area contributed by atoms with Crippen LogP contribution < -0.4 is 11.4 Å². The molecule has 10 heteroatoms. The molecule has 0 aromatic carbocycles. The third-order valence-corrected chi connectivity index (χ3v) is 22.0. The van der Waals surface area contributed by atoms with E-state index in [1.165, 1.54) is 4.57 Å². The van der Waals surface area contributed by atoms with Gasteiger partial charge in [-0.2, -0.15) is 10.2 Å². The van der Waals surface area contributed by atoms with Crippen LogP contribution in [0.15, 0.2) is 17.1 Å². The molecule has 1 aromatic heterocycles. The molecule has 0 aliphatic carbocycles. The van der Waals surface area contributed by atoms with Crippen LogP contribution in [-0.4, -0.2) is 45.0 Å². The summed E-state index contributed by atoms with van der Waals surface area (Å²) in [6.45, 7) is 32.3. The molecule has 1 aliphatic rings. The molecule has 1 aliphatic heterocycles. The highest BCUT2D eigenvalue weighted by atomic mass is 28.4. The quantitative estimate of drug-likeness (QED) is 0.202. The highest BCUT2D eigenvalue weighted by Crippen LogP contribution is 2.50. The molecule has 1 fully saturated rings. The average Bonchev–Trinajstić information content (AvgIpc) is 3.16. The third-order valence-electron chi connectivity index (χ3n) is 9.19. The van der Waals surface area contributed by atoms with Gasteiger partial charge in [0.15, 0.2) is 22.9 Å². The zero-order valence-electron chi connectivity index (χ0n) is 30.4. The van der Waals surface area contributed by atoms with Crippen LogP contribution in [0.1, 0.15) is 103 Å². The molecule has 0 amide bonds. The molecular formula is C34H64N4O4Si2. The number of hydrogen-bond acceptors (Lipinski definition) is 7. The highest BCUT2D eigenvalue weighted by Gasteiger charge is 2.56. The molecule has 0 radical (unpaired) electrons. The van der Waals surface area contributed by atoms with Crippen molar-refractivity contribution in [3.05, 3.63) is 22.7 Å². The first-order chi connectivity index (χ1) is 20.1. The van der Waals surface area contributed by atoms with Crippen LogP contribution >= 0.6 is 0 Å². The van der Waals surface area contributed by atoms with E-state index in [1.54, 1.807) is 12.3 Å². The van der Waals surface area contributed by atoms with Crippen LogP contribution in [0.4, 0.5) is 5.82 Å². The van der Waals surface area contributed by atoms with Crippen molar-refractivity contribution in [2.45, 2.75) is 150 Å². The third kappa shape index (κ3) is 9.28. The molecular weight excluding hydrogens is 585 g/mol. The predicted molar refractivity (Wildman–Crippen MR) is 186 cm³/mol. The molecule has 1 aromatic rings. The van der Waals surface area contributed by atoms with Gasteiger partial charge in [0, 0.05) is 6.20 Å². The maximum Gasteiger partial charge on any atom is 0.351 e. The van der Waals surface area contributed by atoms with E-state index in [0.717, 1.165) is 24.2 Å². The van der Waals surface area contributed by atoms with Crippen LogP contribution in [0.3, 0.4) is 0 Å². The molecule has 2 heterocycles. The van der Waals surface area contributed by atoms with Crippen LogP contribution in [0.2, 0.25) is 34.3 Å². The minimum absolute atomic E-state index is 0.00154. The molecule has 0 spiro atoms. The maximum absolute atomic E-state index is 13.1. The monoisotopic (exact) mass is 648 g/mol. The van der Waals surface area contributed by atoms with Crippen LogP contribution in [0.25, 0.3) is 0 Å². The fourth-order valence-electron chi connectivity index (χ4n) is 7.15. The van der Waals surface area contributed by atoms with E-state index < -0.39 is 46.7 Å². The normalized spacial score (nSPS) is 22.0. The Balaban J connectivity index is 2.71. The molecule has 0 saturated carbocycles. The van der Waals surface area contributed by atoms with Crippen LogP contribution in [0, 0.1) is 40.9 Å². The first-order valence-electron chi connectivity index (χ1n) is 16.8. The van der Waals surface area contributed by atoms with Gasteiger partial charge in [0.2, 0.25) is 0 Å². The van der Waals surface area contributed by atoms with Gasteiger partial charge in [0.1, 0.15) is 17.8 Å². The lowest BCUT2D eigenvalue weighted by Gasteiger charge is -2.48. The van der Waals surface area contributed by atoms with E-state index in [0.29, 0.717) is 30.3 Å². The van der Waals surface area contributed by atoms with Crippen molar-refractivity contribution >= 4 is 22.5 Å². The lowest BCUT2D eigenvalue weighted by atomic mass is 10.0. The number of nitriles is 1. The summed E-state index contributed by atoms with van der Waals surface area (Å²) in [6.07, 6.45) is -0.300. The van der Waals surface area contributed by atoms with Gasteiger partial charge in [-0.25, -0.2) is 4.79 Å². The predicted octanol–water partition coefficient (Wildman–Crippen LogP) is 8.38. The average molecular weight is 649 g/mol. The number of aromatic nitrogens is 2. The lowest BCUT2D eigenvalue weighted by molar-refractivity contribution is -0.0438. The Labute approximate surface area is 270 Å². The molecule has 44 heavy (non-hydrogen) atoms. The molecule has 8 nitrogen and oxygen atoms in total. The minimum Gasteiger partial charge on any atom is -0.414 e. The fourth-order valence-corrected chi connectivity index (χ4v) is 17.7. The number of nitrogens with two attached hydrogens (primary N) is 1. The van der Waals surface area contributed by atoms with E-state index >= 15 is 0 Å². The van der Waals surface area contributed by atoms with E-state index in [-0.39, 0.29) is 15.9 Å². The SMILES string of the molecule is CC(C)C[Si](CC(C)C)(OC[C@H]1O[C@@H](n2ccc(N)nc2=O)[C@@H](C#N)[C@@H]1O[Si](CC(C)C)(CC(C)C)C(C)(C)C)C(C)(C)C. The fraction of sp³-hybridized carbons (Fsp3) is 0.853. The number of hydrogen-bond donors (Lipinski definition) is 1. The number of nitrogen functional groups attached to an aromatic ring is 1. The minimum atomic E-state index is -2.50. The lowest BCUT2D eigenvalue weighted by Crippen LogP contribution is -2.55. The summed E-state index contributed by atoms with van der Waals surface area (Å²) in [5.41, 5.74) is 5.29. The summed E-state index contributed by atoms with van der Waals surface area (Å²) in [7, 11) is -4.83. The summed E-state index contributed by atoms with van der Waals surface area (Å²) >= 11 is 0. The van der Waals surface area contributed by atoms with Crippen molar-refractivity contribution in [3.63, 3.8) is 0 Å². The second kappa shape index (κ2) is 14.9. The first-order valence-corrected chi connectivity index (χ1v) is 21.4. The molecule has 1 saturated heterocycles. The van der Waals surface area contributed by atoms with E-state index in [2.05, 4.69) is 108 Å². The van der Waals surface area contributed by atoms with Crippen molar-refractivity contribution in [3.8, 4) is 6.07 Å². The van der Waals surface area contributed by atoms with Gasteiger partial charge in [-0.15, -0.1) is 0 Å². The molecule has 2 N–H and O–H groups in total. The van der Waals surface area contributed by atoms with Gasteiger partial charge < -0.3 is 19.3 Å². The number of ether oxygens (including phenoxy) is 1. The number of rotatable bonds is 14. The van der Waals surface area contributed by atoms with Gasteiger partial charge >= 0.3 is 5.69 Å². The largest absolute Gasteiger partial charge is 0.414 e. The van der Waals surface area contributed by atoms with Gasteiger partial charge in [0.05, 0.1) is 18.8 Å². The first kappa shape index (κ1) is 38.7. The number of anilines is 1. The summed E-state index contributed by atoms with van der Waals surface area (Å²) < 4.78 is 22.9. The highest BCUT2D eigenvalue weighted by molar-refractivity contribution is 6.77. The van der Waals surface area contributed by atoms with Crippen molar-refractivity contribution < 1.29 is 13.6 Å². The van der Waals surface area contributed by atoms with Crippen LogP contribution in [0.5, 0.6) is 0 Å². The Morgan fingerprint density at radius 1 is 0.909 bits per heavy atom. The zero-order chi connectivity index (χ0) is 33.8. The smallest absolute Gasteiger partial charge is 0.351 e. The van der Waals surface area contributed by atoms with Gasteiger partial charge in [-0.05, 0) is 64.0 Å². The molecule has 4 atom stereocenters. The summed E-state index contributed by atoms with van der Waals surface area (Å²) in [4.78, 5) is 17.0. The number of nitrogens with zero attached hydrogens (tertiary/aromatic N) is 3. The second-order valence-corrected chi connectivity index (χ2v) is 26.2. The molecule has 0 bridgehead atoms. The Morgan fingerprint density at radius 3 is 1.75 bits per heavy atom. The summed E-state index contributed by atoms with van der Waals surface area (Å²) in [5, 5.41) is 10.6. The van der Waals surface area contributed by atoms with Gasteiger partial charge in [-0.1, -0.05) is 96.9 Å². The molecule has 0 unspecified atom stereocenters. The van der Waals surface area contributed by atoms with Gasteiger partial charge in [-0.3, -0.25) is 4.57 Å². The Morgan fingerprint density at radius 2 is 1.36 bits per heavy atom. The van der Waals surface area contributed by atoms with Crippen molar-refractivity contribution in [1.82, 2.24) is 9.55 Å². The summed E-state index contributed by atoms with van der Waals surface area (Å²) in [6, 6.07) is 8.13. The molecule has 2 rings (SSSR count). The standard InChI is InChI=1S/C34H64N4O4Si2/c1-23(2)19-43(20-24(3)4,33(9,10)11)40-18-28-30(42-44(21-25(5)6,22-26(7)8)34(12,13)14)27(17-35)31(41-28)38-16-15-29(36)37-32(38)39/h15-16,23-28,30-31H,18-22H2,1-14H3,(H2,36,37,39)/t27-,28+,30-,31+/m0/s1. The van der Waals surface area contributed by atoms with E-state index in [4.69, 9.17) is 19.3 Å². The zero-order valence-corrected chi connectivity index (χ0v) is 32.4. The van der Waals surface area contributed by atoms with Crippen molar-refractivity contribution in [2.75, 3.05) is 12.3 Å². The van der Waals surface area contributed by atoms with Crippen molar-refractivity contribution in [2.24, 2.45) is 29.6 Å². The van der Waals surface area contributed by atoms with E-state index in [1.807, 2.05) is 0 Å². The Bertz CT molecular complexity index is 1140. The Hall–Kier alpha value is -1.52. The Kier molecular flexibility index (Phi) is 13.1. The van der Waals surface area contributed by atoms with E-state index in [9.17, 15) is 10.1 Å². The maximum atomic E-state index is 13.1. The van der Waals surface area contributed by atoms with Gasteiger partial charge in [0.25, 0.3) is 0 Å². The van der Waals surface area contributed by atoms with Crippen LogP contribution in [-0.2, 0) is 13.6 Å². The second-order valence-electron chi connectivity index (χ2n) is 17.0. The topological polar surface area (TPSA) is 112 Å².